The number of para-hydroxylation sites is 2. The molecule has 1 aliphatic rings. The lowest BCUT2D eigenvalue weighted by Crippen LogP contribution is -2.37. The second-order valence-corrected chi connectivity index (χ2v) is 6.82. The minimum Gasteiger partial charge on any atom is -0.462 e. The summed E-state index contributed by atoms with van der Waals surface area (Å²) in [4.78, 5) is 24.3. The topological polar surface area (TPSA) is 95.5 Å². The molecule has 0 bridgehead atoms. The van der Waals surface area contributed by atoms with Crippen LogP contribution in [0.25, 0.3) is 22.2 Å². The minimum atomic E-state index is -0.457. The van der Waals surface area contributed by atoms with Gasteiger partial charge in [0.1, 0.15) is 16.9 Å². The number of esters is 1. The molecule has 0 saturated carbocycles. The molecule has 1 saturated heterocycles. The predicted octanol–water partition coefficient (Wildman–Crippen LogP) is 2.07. The number of hydrogen-bond donors (Lipinski definition) is 1. The number of ether oxygens (including phenoxy) is 2. The number of nitrogens with zero attached hydrogens (tertiary/aromatic N) is 4. The molecule has 1 aliphatic heterocycles. The molecule has 4 rings (SSSR count). The van der Waals surface area contributed by atoms with E-state index in [1.807, 2.05) is 28.8 Å². The molecule has 8 nitrogen and oxygen atoms in total. The number of morpholine rings is 1. The molecule has 28 heavy (non-hydrogen) atoms. The Morgan fingerprint density at radius 3 is 2.61 bits per heavy atom. The van der Waals surface area contributed by atoms with Gasteiger partial charge in [-0.15, -0.1) is 0 Å². The van der Waals surface area contributed by atoms with Crippen molar-refractivity contribution >= 4 is 34.0 Å². The highest BCUT2D eigenvalue weighted by atomic mass is 16.5. The lowest BCUT2D eigenvalue weighted by molar-refractivity contribution is 0.0369. The number of aryl methyl sites for hydroxylation is 1. The molecule has 0 atom stereocenters. The molecule has 0 aliphatic carbocycles. The van der Waals surface area contributed by atoms with Crippen LogP contribution in [0.4, 0.5) is 5.82 Å². The second-order valence-electron chi connectivity index (χ2n) is 6.82. The molecule has 3 aromatic rings. The lowest BCUT2D eigenvalue weighted by Gasteiger charge is -2.26. The van der Waals surface area contributed by atoms with Gasteiger partial charge in [-0.3, -0.25) is 4.90 Å². The molecule has 0 spiro atoms. The van der Waals surface area contributed by atoms with Crippen molar-refractivity contribution in [2.24, 2.45) is 0 Å². The highest BCUT2D eigenvalue weighted by Crippen LogP contribution is 2.28. The molecule has 148 valence electrons. The van der Waals surface area contributed by atoms with Gasteiger partial charge in [0, 0.05) is 26.2 Å². The SMILES string of the molecule is CCOC(=O)c1c(N)n(CCCN2CCOCC2)c2nc3ccccc3nc12. The highest BCUT2D eigenvalue weighted by molar-refractivity contribution is 6.08. The van der Waals surface area contributed by atoms with E-state index in [9.17, 15) is 4.79 Å². The summed E-state index contributed by atoms with van der Waals surface area (Å²) >= 11 is 0. The highest BCUT2D eigenvalue weighted by Gasteiger charge is 2.25. The summed E-state index contributed by atoms with van der Waals surface area (Å²) in [5.74, 6) is -0.0905. The molecule has 2 N–H and O–H groups in total. The summed E-state index contributed by atoms with van der Waals surface area (Å²) in [5.41, 5.74) is 9.31. The summed E-state index contributed by atoms with van der Waals surface area (Å²) in [6.07, 6.45) is 0.894. The molecule has 0 unspecified atom stereocenters. The van der Waals surface area contributed by atoms with Gasteiger partial charge < -0.3 is 19.8 Å². The summed E-state index contributed by atoms with van der Waals surface area (Å²) in [5, 5.41) is 0. The standard InChI is InChI=1S/C20H25N5O3/c1-2-28-20(26)16-17-19(23-15-7-4-3-6-14(15)22-17)25(18(16)21)9-5-8-24-10-12-27-13-11-24/h3-4,6-7H,2,5,8-13,21H2,1H3. The Kier molecular flexibility index (Phi) is 5.40. The van der Waals surface area contributed by atoms with E-state index < -0.39 is 5.97 Å². The Morgan fingerprint density at radius 1 is 1.18 bits per heavy atom. The van der Waals surface area contributed by atoms with Crippen LogP contribution in [-0.4, -0.2) is 64.9 Å². The molecule has 0 radical (unpaired) electrons. The van der Waals surface area contributed by atoms with E-state index in [1.165, 1.54) is 0 Å². The number of anilines is 1. The van der Waals surface area contributed by atoms with Crippen LogP contribution in [0.5, 0.6) is 0 Å². The molecule has 2 aromatic heterocycles. The van der Waals surface area contributed by atoms with Gasteiger partial charge in [0.25, 0.3) is 0 Å². The fraction of sp³-hybridized carbons (Fsp3) is 0.450. The van der Waals surface area contributed by atoms with Gasteiger partial charge in [-0.2, -0.15) is 0 Å². The number of fused-ring (bicyclic) bond motifs is 2. The van der Waals surface area contributed by atoms with Crippen molar-refractivity contribution in [2.45, 2.75) is 19.9 Å². The van der Waals surface area contributed by atoms with Crippen LogP contribution in [0.15, 0.2) is 24.3 Å². The number of rotatable bonds is 6. The maximum atomic E-state index is 12.5. The van der Waals surface area contributed by atoms with Crippen LogP contribution in [0.2, 0.25) is 0 Å². The monoisotopic (exact) mass is 383 g/mol. The average molecular weight is 383 g/mol. The fourth-order valence-electron chi connectivity index (χ4n) is 3.63. The third-order valence-electron chi connectivity index (χ3n) is 5.03. The van der Waals surface area contributed by atoms with Gasteiger partial charge in [-0.05, 0) is 25.5 Å². The Labute approximate surface area is 163 Å². The van der Waals surface area contributed by atoms with Gasteiger partial charge in [0.05, 0.1) is 30.9 Å². The summed E-state index contributed by atoms with van der Waals surface area (Å²) in [6.45, 7) is 7.10. The molecule has 8 heteroatoms. The maximum Gasteiger partial charge on any atom is 0.344 e. The quantitative estimate of drug-likeness (QED) is 0.651. The number of nitrogen functional groups attached to an aromatic ring is 1. The first-order valence-corrected chi connectivity index (χ1v) is 9.70. The van der Waals surface area contributed by atoms with Crippen molar-refractivity contribution < 1.29 is 14.3 Å². The van der Waals surface area contributed by atoms with Gasteiger partial charge in [0.15, 0.2) is 5.65 Å². The number of hydrogen-bond acceptors (Lipinski definition) is 7. The largest absolute Gasteiger partial charge is 0.462 e. The van der Waals surface area contributed by atoms with E-state index in [-0.39, 0.29) is 6.61 Å². The fourth-order valence-corrected chi connectivity index (χ4v) is 3.63. The van der Waals surface area contributed by atoms with E-state index in [0.29, 0.717) is 29.1 Å². The van der Waals surface area contributed by atoms with Gasteiger partial charge >= 0.3 is 5.97 Å². The number of carbonyl (C=O) groups excluding carboxylic acids is 1. The number of aromatic nitrogens is 3. The Morgan fingerprint density at radius 2 is 1.89 bits per heavy atom. The molecule has 1 aromatic carbocycles. The van der Waals surface area contributed by atoms with Crippen molar-refractivity contribution in [3.8, 4) is 0 Å². The van der Waals surface area contributed by atoms with E-state index in [0.717, 1.165) is 50.3 Å². The number of carbonyl (C=O) groups is 1. The zero-order valence-corrected chi connectivity index (χ0v) is 16.1. The summed E-state index contributed by atoms with van der Waals surface area (Å²) < 4.78 is 12.5. The van der Waals surface area contributed by atoms with Gasteiger partial charge in [-0.1, -0.05) is 12.1 Å². The first-order chi connectivity index (χ1) is 13.7. The van der Waals surface area contributed by atoms with Crippen molar-refractivity contribution in [1.82, 2.24) is 19.4 Å². The van der Waals surface area contributed by atoms with Crippen LogP contribution in [0.3, 0.4) is 0 Å². The van der Waals surface area contributed by atoms with Crippen LogP contribution >= 0.6 is 0 Å². The maximum absolute atomic E-state index is 12.5. The van der Waals surface area contributed by atoms with E-state index in [4.69, 9.17) is 20.2 Å². The van der Waals surface area contributed by atoms with Gasteiger partial charge in [0.2, 0.25) is 0 Å². The first-order valence-electron chi connectivity index (χ1n) is 9.70. The Hall–Kier alpha value is -2.71. The Balaban J connectivity index is 1.70. The van der Waals surface area contributed by atoms with Crippen LogP contribution < -0.4 is 5.73 Å². The van der Waals surface area contributed by atoms with E-state index in [1.54, 1.807) is 6.92 Å². The first kappa shape index (κ1) is 18.6. The normalized spacial score (nSPS) is 15.3. The molecule has 0 amide bonds. The average Bonchev–Trinajstić information content (AvgIpc) is 2.98. The lowest BCUT2D eigenvalue weighted by atomic mass is 10.2. The summed E-state index contributed by atoms with van der Waals surface area (Å²) in [6, 6.07) is 7.61. The van der Waals surface area contributed by atoms with Gasteiger partial charge in [-0.25, -0.2) is 14.8 Å². The smallest absolute Gasteiger partial charge is 0.344 e. The van der Waals surface area contributed by atoms with Crippen molar-refractivity contribution in [2.75, 3.05) is 45.2 Å². The Bertz CT molecular complexity index is 994. The zero-order valence-electron chi connectivity index (χ0n) is 16.1. The number of benzene rings is 1. The van der Waals surface area contributed by atoms with Crippen molar-refractivity contribution in [1.29, 1.82) is 0 Å². The van der Waals surface area contributed by atoms with Crippen LogP contribution in [0.1, 0.15) is 23.7 Å². The summed E-state index contributed by atoms with van der Waals surface area (Å²) in [7, 11) is 0. The van der Waals surface area contributed by atoms with E-state index >= 15 is 0 Å². The molecular formula is C20H25N5O3. The van der Waals surface area contributed by atoms with Crippen molar-refractivity contribution in [3.63, 3.8) is 0 Å². The number of nitrogens with two attached hydrogens (primary N) is 1. The van der Waals surface area contributed by atoms with Crippen LogP contribution in [-0.2, 0) is 16.0 Å². The van der Waals surface area contributed by atoms with E-state index in [2.05, 4.69) is 9.88 Å². The van der Waals surface area contributed by atoms with Crippen LogP contribution in [0, 0.1) is 0 Å². The molecular weight excluding hydrogens is 358 g/mol. The minimum absolute atomic E-state index is 0.281. The third kappa shape index (κ3) is 3.53. The predicted molar refractivity (Wildman–Crippen MR) is 107 cm³/mol. The van der Waals surface area contributed by atoms with Crippen molar-refractivity contribution in [3.05, 3.63) is 29.8 Å². The second kappa shape index (κ2) is 8.12. The zero-order chi connectivity index (χ0) is 19.5. The third-order valence-corrected chi connectivity index (χ3v) is 5.03. The molecule has 3 heterocycles. The molecule has 1 fully saturated rings.